The highest BCUT2D eigenvalue weighted by molar-refractivity contribution is 9.15. The van der Waals surface area contributed by atoms with Gasteiger partial charge in [-0.2, -0.15) is 0 Å². The molecule has 0 bridgehead atoms. The van der Waals surface area contributed by atoms with Crippen LogP contribution in [-0.4, -0.2) is 6.10 Å². The predicted octanol–water partition coefficient (Wildman–Crippen LogP) is 4.48. The van der Waals surface area contributed by atoms with Crippen molar-refractivity contribution >= 4 is 20.4 Å². The van der Waals surface area contributed by atoms with Crippen molar-refractivity contribution < 1.29 is 4.74 Å². The molecule has 1 aliphatic heterocycles. The molecule has 1 aromatic carbocycles. The minimum Gasteiger partial charge on any atom is -0.365 e. The Morgan fingerprint density at radius 1 is 1.17 bits per heavy atom. The van der Waals surface area contributed by atoms with Crippen molar-refractivity contribution in [2.45, 2.75) is 24.5 Å². The third-order valence-corrected chi connectivity index (χ3v) is 4.75. The molecule has 1 aromatic rings. The van der Waals surface area contributed by atoms with Crippen LogP contribution in [0.2, 0.25) is 0 Å². The molecule has 0 spiro atoms. The van der Waals surface area contributed by atoms with Gasteiger partial charge in [-0.1, -0.05) is 64.5 Å². The van der Waals surface area contributed by atoms with E-state index >= 15 is 0 Å². The van der Waals surface area contributed by atoms with Gasteiger partial charge in [0.25, 0.3) is 0 Å². The lowest BCUT2D eigenvalue weighted by molar-refractivity contribution is -0.00806. The van der Waals surface area contributed by atoms with Gasteiger partial charge in [-0.25, -0.2) is 0 Å². The second kappa shape index (κ2) is 3.94. The summed E-state index contributed by atoms with van der Waals surface area (Å²) in [4.78, 5) is 0. The van der Waals surface area contributed by atoms with Crippen LogP contribution in [0.15, 0.2) is 48.6 Å². The van der Waals surface area contributed by atoms with Gasteiger partial charge in [0, 0.05) is 10.4 Å². The van der Waals surface area contributed by atoms with Gasteiger partial charge in [-0.3, -0.25) is 0 Å². The first-order chi connectivity index (χ1) is 8.84. The minimum absolute atomic E-state index is 0.202. The third kappa shape index (κ3) is 1.42. The number of halogens is 1. The summed E-state index contributed by atoms with van der Waals surface area (Å²) in [7, 11) is 0. The molecule has 4 rings (SSSR count). The summed E-state index contributed by atoms with van der Waals surface area (Å²) in [5, 5.41) is 0. The van der Waals surface area contributed by atoms with Gasteiger partial charge in [0.1, 0.15) is 0 Å². The number of hydrogen-bond acceptors (Lipinski definition) is 1. The van der Waals surface area contributed by atoms with Gasteiger partial charge in [-0.05, 0) is 23.1 Å². The number of ether oxygens (including phenoxy) is 1. The van der Waals surface area contributed by atoms with Crippen LogP contribution in [0.4, 0.5) is 0 Å². The lowest BCUT2D eigenvalue weighted by atomic mass is 9.78. The fourth-order valence-corrected chi connectivity index (χ4v) is 3.72. The Morgan fingerprint density at radius 3 is 3.00 bits per heavy atom. The van der Waals surface area contributed by atoms with Gasteiger partial charge in [0.2, 0.25) is 0 Å². The molecular formula is C16H13BrO. The fraction of sp³-hybridized carbons (Fsp3) is 0.250. The molecule has 3 aliphatic rings. The van der Waals surface area contributed by atoms with Crippen LogP contribution in [-0.2, 0) is 4.74 Å². The van der Waals surface area contributed by atoms with Crippen LogP contribution in [0.3, 0.4) is 0 Å². The number of benzene rings is 1. The average Bonchev–Trinajstić information content (AvgIpc) is 2.43. The maximum absolute atomic E-state index is 6.24. The van der Waals surface area contributed by atoms with Gasteiger partial charge in [0.15, 0.2) is 0 Å². The summed E-state index contributed by atoms with van der Waals surface area (Å²) in [5.41, 5.74) is 4.11. The van der Waals surface area contributed by atoms with Crippen LogP contribution < -0.4 is 0 Å². The van der Waals surface area contributed by atoms with E-state index in [1.807, 2.05) is 0 Å². The largest absolute Gasteiger partial charge is 0.365 e. The van der Waals surface area contributed by atoms with E-state index in [4.69, 9.17) is 4.74 Å². The second-order valence-electron chi connectivity index (χ2n) is 4.98. The molecule has 0 amide bonds. The van der Waals surface area contributed by atoms with E-state index in [-0.39, 0.29) is 12.2 Å². The molecule has 2 heteroatoms. The van der Waals surface area contributed by atoms with Crippen LogP contribution in [0.1, 0.15) is 35.1 Å². The molecule has 90 valence electrons. The second-order valence-corrected chi connectivity index (χ2v) is 5.84. The molecule has 1 heterocycles. The van der Waals surface area contributed by atoms with E-state index in [0.717, 1.165) is 6.42 Å². The molecule has 2 aliphatic carbocycles. The zero-order chi connectivity index (χ0) is 12.1. The molecule has 0 radical (unpaired) electrons. The van der Waals surface area contributed by atoms with E-state index in [0.29, 0.717) is 5.92 Å². The van der Waals surface area contributed by atoms with Crippen molar-refractivity contribution in [3.63, 3.8) is 0 Å². The maximum Gasteiger partial charge on any atom is 0.0877 e. The van der Waals surface area contributed by atoms with Gasteiger partial charge in [-0.15, -0.1) is 0 Å². The molecule has 0 saturated carbocycles. The van der Waals surface area contributed by atoms with E-state index < -0.39 is 0 Å². The van der Waals surface area contributed by atoms with Crippen LogP contribution >= 0.6 is 15.9 Å². The summed E-state index contributed by atoms with van der Waals surface area (Å²) in [6.07, 6.45) is 12.2. The van der Waals surface area contributed by atoms with Crippen molar-refractivity contribution in [2.75, 3.05) is 0 Å². The first kappa shape index (κ1) is 10.8. The lowest BCUT2D eigenvalue weighted by Crippen LogP contribution is -2.31. The third-order valence-electron chi connectivity index (χ3n) is 4.00. The Morgan fingerprint density at radius 2 is 2.06 bits per heavy atom. The van der Waals surface area contributed by atoms with Crippen molar-refractivity contribution in [1.29, 1.82) is 0 Å². The number of hydrogen-bond donors (Lipinski definition) is 0. The molecule has 18 heavy (non-hydrogen) atoms. The molecule has 3 atom stereocenters. The zero-order valence-corrected chi connectivity index (χ0v) is 11.4. The molecule has 1 nitrogen and oxygen atoms in total. The van der Waals surface area contributed by atoms with Crippen molar-refractivity contribution in [2.24, 2.45) is 0 Å². The number of fused-ring (bicyclic) bond motifs is 2. The Kier molecular flexibility index (Phi) is 2.36. The highest BCUT2D eigenvalue weighted by Crippen LogP contribution is 2.48. The first-order valence-electron chi connectivity index (χ1n) is 6.34. The lowest BCUT2D eigenvalue weighted by Gasteiger charge is -2.39. The molecule has 0 aromatic heterocycles. The van der Waals surface area contributed by atoms with E-state index in [2.05, 4.69) is 64.5 Å². The van der Waals surface area contributed by atoms with Crippen molar-refractivity contribution in [3.05, 3.63) is 65.3 Å². The normalized spacial score (nSPS) is 31.6. The quantitative estimate of drug-likeness (QED) is 0.686. The highest BCUT2D eigenvalue weighted by atomic mass is 79.9. The predicted molar refractivity (Wildman–Crippen MR) is 76.6 cm³/mol. The monoisotopic (exact) mass is 300 g/mol. The van der Waals surface area contributed by atoms with Crippen LogP contribution in [0.5, 0.6) is 0 Å². The molecule has 3 unspecified atom stereocenters. The summed E-state index contributed by atoms with van der Waals surface area (Å²) in [6.45, 7) is 0. The van der Waals surface area contributed by atoms with Crippen molar-refractivity contribution in [1.82, 2.24) is 0 Å². The summed E-state index contributed by atoms with van der Waals surface area (Å²) >= 11 is 3.66. The van der Waals surface area contributed by atoms with E-state index in [9.17, 15) is 0 Å². The SMILES string of the molecule is BrC1=CCC2OC3C=CC=CC3c3cccc1c32. The highest BCUT2D eigenvalue weighted by Gasteiger charge is 2.36. The van der Waals surface area contributed by atoms with Crippen LogP contribution in [0.25, 0.3) is 4.48 Å². The fourth-order valence-electron chi connectivity index (χ4n) is 3.19. The molecular weight excluding hydrogens is 288 g/mol. The van der Waals surface area contributed by atoms with E-state index in [1.54, 1.807) is 0 Å². The first-order valence-corrected chi connectivity index (χ1v) is 7.13. The molecule has 0 fully saturated rings. The van der Waals surface area contributed by atoms with E-state index in [1.165, 1.54) is 21.2 Å². The van der Waals surface area contributed by atoms with Gasteiger partial charge >= 0.3 is 0 Å². The summed E-state index contributed by atoms with van der Waals surface area (Å²) in [5.74, 6) is 0.375. The number of rotatable bonds is 0. The molecule has 0 N–H and O–H groups in total. The van der Waals surface area contributed by atoms with Gasteiger partial charge in [0.05, 0.1) is 12.2 Å². The van der Waals surface area contributed by atoms with Crippen LogP contribution in [0, 0.1) is 0 Å². The molecule has 0 saturated heterocycles. The summed E-state index contributed by atoms with van der Waals surface area (Å²) in [6, 6.07) is 6.58. The zero-order valence-electron chi connectivity index (χ0n) is 9.84. The average molecular weight is 301 g/mol. The smallest absolute Gasteiger partial charge is 0.0877 e. The topological polar surface area (TPSA) is 9.23 Å². The van der Waals surface area contributed by atoms with Gasteiger partial charge < -0.3 is 4.74 Å². The van der Waals surface area contributed by atoms with Crippen molar-refractivity contribution in [3.8, 4) is 0 Å². The Hall–Kier alpha value is -1.12. The minimum atomic E-state index is 0.202. The standard InChI is InChI=1S/C16H13BrO/c17-13-8-9-15-16-11(5-3-6-12(13)16)10-4-1-2-7-14(10)18-15/h1-8,10,14-15H,9H2. The number of allylic oxidation sites excluding steroid dienone is 2. The Labute approximate surface area is 115 Å². The Bertz CT molecular complexity index is 597. The Balaban J connectivity index is 1.95. The maximum atomic E-state index is 6.24. The summed E-state index contributed by atoms with van der Waals surface area (Å²) < 4.78 is 7.44.